The van der Waals surface area contributed by atoms with E-state index in [9.17, 15) is 14.4 Å². The van der Waals surface area contributed by atoms with E-state index in [1.807, 2.05) is 6.92 Å². The number of amides is 2. The Labute approximate surface area is 183 Å². The summed E-state index contributed by atoms with van der Waals surface area (Å²) in [7, 11) is 1.30. The third-order valence-electron chi connectivity index (χ3n) is 4.82. The van der Waals surface area contributed by atoms with Gasteiger partial charge in [0.2, 0.25) is 0 Å². The molecule has 3 aromatic rings. The number of anilines is 2. The summed E-state index contributed by atoms with van der Waals surface area (Å²) in [5, 5.41) is 3.41. The minimum atomic E-state index is -0.479. The number of benzene rings is 2. The first-order chi connectivity index (χ1) is 15.0. The van der Waals surface area contributed by atoms with E-state index in [-0.39, 0.29) is 11.8 Å². The number of methoxy groups -OCH3 is 1. The number of fused-ring (bicyclic) bond motifs is 2. The smallest absolute Gasteiger partial charge is 0.337 e. The summed E-state index contributed by atoms with van der Waals surface area (Å²) in [4.78, 5) is 44.3. The average molecular weight is 433 g/mol. The highest BCUT2D eigenvalue weighted by Gasteiger charge is 2.27. The molecule has 0 spiro atoms. The van der Waals surface area contributed by atoms with Gasteiger partial charge in [-0.25, -0.2) is 9.78 Å². The minimum Gasteiger partial charge on any atom is -0.465 e. The zero-order valence-electron chi connectivity index (χ0n) is 16.9. The van der Waals surface area contributed by atoms with E-state index in [4.69, 9.17) is 4.74 Å². The van der Waals surface area contributed by atoms with Gasteiger partial charge in [0.25, 0.3) is 11.8 Å². The van der Waals surface area contributed by atoms with E-state index in [0.717, 1.165) is 10.6 Å². The van der Waals surface area contributed by atoms with E-state index in [2.05, 4.69) is 10.3 Å². The van der Waals surface area contributed by atoms with Crippen LogP contribution in [0.5, 0.6) is 0 Å². The number of carbonyl (C=O) groups excluding carboxylic acids is 3. The van der Waals surface area contributed by atoms with Gasteiger partial charge < -0.3 is 15.0 Å². The number of hydrogen-bond acceptors (Lipinski definition) is 6. The van der Waals surface area contributed by atoms with Gasteiger partial charge in [-0.15, -0.1) is 0 Å². The van der Waals surface area contributed by atoms with Crippen LogP contribution >= 0.6 is 11.8 Å². The molecule has 8 heteroatoms. The van der Waals surface area contributed by atoms with Crippen molar-refractivity contribution >= 4 is 40.9 Å². The number of rotatable bonds is 4. The second-order valence-electron chi connectivity index (χ2n) is 6.72. The van der Waals surface area contributed by atoms with Crippen LogP contribution in [0, 0.1) is 0 Å². The standard InChI is InChI=1S/C23H19N3O4S/c1-3-26-18-10-9-14(13-19(18)31-21-17(22(26)28)8-5-11-24-21)20(27)25-16-7-4-6-15(12-16)23(29)30-2/h4-13H,3H2,1-2H3,(H,25,27). The largest absolute Gasteiger partial charge is 0.465 e. The normalized spacial score (nSPS) is 12.5. The summed E-state index contributed by atoms with van der Waals surface area (Å²) in [6.45, 7) is 2.40. The Morgan fingerprint density at radius 2 is 1.94 bits per heavy atom. The topological polar surface area (TPSA) is 88.6 Å². The molecule has 2 aromatic carbocycles. The first-order valence-corrected chi connectivity index (χ1v) is 10.4. The number of ether oxygens (including phenoxy) is 1. The third-order valence-corrected chi connectivity index (χ3v) is 5.89. The maximum atomic E-state index is 13.0. The van der Waals surface area contributed by atoms with Gasteiger partial charge in [0.05, 0.1) is 23.9 Å². The van der Waals surface area contributed by atoms with Crippen molar-refractivity contribution in [2.24, 2.45) is 0 Å². The molecule has 0 bridgehead atoms. The summed E-state index contributed by atoms with van der Waals surface area (Å²) >= 11 is 1.36. The lowest BCUT2D eigenvalue weighted by molar-refractivity contribution is 0.0600. The molecule has 7 nitrogen and oxygen atoms in total. The Balaban J connectivity index is 1.66. The van der Waals surface area contributed by atoms with E-state index < -0.39 is 5.97 Å². The van der Waals surface area contributed by atoms with Gasteiger partial charge in [-0.05, 0) is 55.5 Å². The highest BCUT2D eigenvalue weighted by molar-refractivity contribution is 7.99. The van der Waals surface area contributed by atoms with E-state index in [1.165, 1.54) is 18.9 Å². The molecule has 0 radical (unpaired) electrons. The van der Waals surface area contributed by atoms with Gasteiger partial charge in [-0.2, -0.15) is 0 Å². The van der Waals surface area contributed by atoms with Crippen LogP contribution in [0.2, 0.25) is 0 Å². The molecule has 0 saturated heterocycles. The Morgan fingerprint density at radius 3 is 2.71 bits per heavy atom. The SMILES string of the molecule is CCN1C(=O)c2cccnc2Sc2cc(C(=O)Nc3cccc(C(=O)OC)c3)ccc21. The van der Waals surface area contributed by atoms with Crippen LogP contribution in [0.1, 0.15) is 38.0 Å². The quantitative estimate of drug-likeness (QED) is 0.619. The lowest BCUT2D eigenvalue weighted by Crippen LogP contribution is -2.30. The van der Waals surface area contributed by atoms with Crippen molar-refractivity contribution in [1.29, 1.82) is 0 Å². The molecule has 1 aliphatic rings. The number of hydrogen-bond donors (Lipinski definition) is 1. The van der Waals surface area contributed by atoms with Crippen molar-refractivity contribution in [1.82, 2.24) is 4.98 Å². The van der Waals surface area contributed by atoms with Crippen LogP contribution in [0.25, 0.3) is 0 Å². The van der Waals surface area contributed by atoms with Crippen LogP contribution in [0.3, 0.4) is 0 Å². The van der Waals surface area contributed by atoms with Crippen molar-refractivity contribution in [3.05, 3.63) is 77.5 Å². The molecule has 1 aromatic heterocycles. The van der Waals surface area contributed by atoms with Gasteiger partial charge in [-0.3, -0.25) is 9.59 Å². The van der Waals surface area contributed by atoms with Crippen LogP contribution in [0.15, 0.2) is 70.7 Å². The van der Waals surface area contributed by atoms with Crippen LogP contribution in [-0.2, 0) is 4.74 Å². The monoisotopic (exact) mass is 433 g/mol. The van der Waals surface area contributed by atoms with Gasteiger partial charge in [0.15, 0.2) is 0 Å². The number of aromatic nitrogens is 1. The van der Waals surface area contributed by atoms with Crippen LogP contribution < -0.4 is 10.2 Å². The first kappa shape index (κ1) is 20.6. The molecule has 1 N–H and O–H groups in total. The summed E-state index contributed by atoms with van der Waals surface area (Å²) in [5.41, 5.74) is 2.53. The molecule has 0 fully saturated rings. The lowest BCUT2D eigenvalue weighted by atomic mass is 10.1. The molecule has 31 heavy (non-hydrogen) atoms. The fraction of sp³-hybridized carbons (Fsp3) is 0.130. The number of carbonyl (C=O) groups is 3. The van der Waals surface area contributed by atoms with Gasteiger partial charge in [-0.1, -0.05) is 17.8 Å². The number of nitrogens with one attached hydrogen (secondary N) is 1. The van der Waals surface area contributed by atoms with Crippen molar-refractivity contribution in [2.75, 3.05) is 23.9 Å². The molecule has 0 saturated carbocycles. The Bertz CT molecular complexity index is 1190. The Hall–Kier alpha value is -3.65. The zero-order chi connectivity index (χ0) is 22.0. The molecule has 0 atom stereocenters. The highest BCUT2D eigenvalue weighted by Crippen LogP contribution is 2.40. The van der Waals surface area contributed by atoms with Gasteiger partial charge >= 0.3 is 5.97 Å². The van der Waals surface area contributed by atoms with Crippen molar-refractivity contribution in [3.63, 3.8) is 0 Å². The van der Waals surface area contributed by atoms with Crippen LogP contribution in [-0.4, -0.2) is 36.4 Å². The summed E-state index contributed by atoms with van der Waals surface area (Å²) in [5.74, 6) is -0.924. The van der Waals surface area contributed by atoms with Gasteiger partial charge in [0, 0.05) is 28.9 Å². The molecule has 4 rings (SSSR count). The first-order valence-electron chi connectivity index (χ1n) is 9.60. The van der Waals surface area contributed by atoms with Crippen LogP contribution in [0.4, 0.5) is 11.4 Å². The average Bonchev–Trinajstić information content (AvgIpc) is 2.91. The second-order valence-corrected chi connectivity index (χ2v) is 7.75. The molecule has 1 aliphatic heterocycles. The molecule has 0 unspecified atom stereocenters. The third kappa shape index (κ3) is 4.02. The summed E-state index contributed by atoms with van der Waals surface area (Å²) in [6, 6.07) is 15.2. The Morgan fingerprint density at radius 1 is 1.10 bits per heavy atom. The fourth-order valence-electron chi connectivity index (χ4n) is 3.31. The Kier molecular flexibility index (Phi) is 5.73. The number of nitrogens with zero attached hydrogens (tertiary/aromatic N) is 2. The number of pyridine rings is 1. The molecule has 2 heterocycles. The predicted molar refractivity (Wildman–Crippen MR) is 118 cm³/mol. The van der Waals surface area contributed by atoms with E-state index in [1.54, 1.807) is 65.7 Å². The zero-order valence-corrected chi connectivity index (χ0v) is 17.7. The molecular formula is C23H19N3O4S. The highest BCUT2D eigenvalue weighted by atomic mass is 32.2. The summed E-state index contributed by atoms with van der Waals surface area (Å²) in [6.07, 6.45) is 1.64. The molecule has 156 valence electrons. The number of esters is 1. The lowest BCUT2D eigenvalue weighted by Gasteiger charge is -2.21. The molecular weight excluding hydrogens is 414 g/mol. The maximum absolute atomic E-state index is 13.0. The van der Waals surface area contributed by atoms with Crippen molar-refractivity contribution < 1.29 is 19.1 Å². The summed E-state index contributed by atoms with van der Waals surface area (Å²) < 4.78 is 4.72. The van der Waals surface area contributed by atoms with Crippen molar-refractivity contribution in [2.45, 2.75) is 16.8 Å². The van der Waals surface area contributed by atoms with Gasteiger partial charge in [0.1, 0.15) is 5.03 Å². The molecule has 0 aliphatic carbocycles. The van der Waals surface area contributed by atoms with E-state index in [0.29, 0.717) is 33.9 Å². The fourth-order valence-corrected chi connectivity index (χ4v) is 4.37. The van der Waals surface area contributed by atoms with Crippen molar-refractivity contribution in [3.8, 4) is 0 Å². The maximum Gasteiger partial charge on any atom is 0.337 e. The molecule has 2 amide bonds. The minimum absolute atomic E-state index is 0.117. The second kappa shape index (κ2) is 8.61. The predicted octanol–water partition coefficient (Wildman–Crippen LogP) is 4.25. The van der Waals surface area contributed by atoms with E-state index >= 15 is 0 Å².